The van der Waals surface area contributed by atoms with Crippen LogP contribution in [0.3, 0.4) is 0 Å². The molecule has 2 N–H and O–H groups in total. The summed E-state index contributed by atoms with van der Waals surface area (Å²) in [6.45, 7) is 11.1. The zero-order valence-electron chi connectivity index (χ0n) is 13.3. The molecular formula is C15H28N4O. The number of aliphatic hydroxyl groups is 1. The van der Waals surface area contributed by atoms with Crippen LogP contribution in [0.25, 0.3) is 0 Å². The number of anilines is 1. The number of aromatic nitrogens is 2. The number of hydrogen-bond acceptors (Lipinski definition) is 4. The van der Waals surface area contributed by atoms with Gasteiger partial charge in [-0.2, -0.15) is 5.10 Å². The lowest BCUT2D eigenvalue weighted by Gasteiger charge is -2.22. The second-order valence-corrected chi connectivity index (χ2v) is 6.28. The highest BCUT2D eigenvalue weighted by molar-refractivity contribution is 5.51. The van der Waals surface area contributed by atoms with Gasteiger partial charge in [0.15, 0.2) is 0 Å². The Labute approximate surface area is 122 Å². The van der Waals surface area contributed by atoms with Gasteiger partial charge in [-0.3, -0.25) is 4.68 Å². The van der Waals surface area contributed by atoms with Crippen LogP contribution >= 0.6 is 0 Å². The Morgan fingerprint density at radius 2 is 2.10 bits per heavy atom. The van der Waals surface area contributed by atoms with Gasteiger partial charge in [0.25, 0.3) is 0 Å². The predicted octanol–water partition coefficient (Wildman–Crippen LogP) is 1.43. The summed E-state index contributed by atoms with van der Waals surface area (Å²) in [5.41, 5.74) is 2.38. The van der Waals surface area contributed by atoms with E-state index in [1.54, 1.807) is 0 Å². The van der Waals surface area contributed by atoms with Crippen molar-refractivity contribution in [1.29, 1.82) is 0 Å². The van der Waals surface area contributed by atoms with Gasteiger partial charge < -0.3 is 15.3 Å². The average Bonchev–Trinajstić information content (AvgIpc) is 2.91. The summed E-state index contributed by atoms with van der Waals surface area (Å²) in [5.74, 6) is 1.58. The molecule has 0 saturated carbocycles. The van der Waals surface area contributed by atoms with Crippen LogP contribution < -0.4 is 10.2 Å². The molecule has 1 aliphatic rings. The summed E-state index contributed by atoms with van der Waals surface area (Å²) in [6, 6.07) is 0.464. The molecule has 2 heterocycles. The molecule has 2 unspecified atom stereocenters. The number of rotatable bonds is 5. The monoisotopic (exact) mass is 280 g/mol. The van der Waals surface area contributed by atoms with Gasteiger partial charge in [-0.05, 0) is 20.3 Å². The maximum Gasteiger partial charge on any atom is 0.131 e. The third kappa shape index (κ3) is 3.15. The molecule has 0 bridgehead atoms. The summed E-state index contributed by atoms with van der Waals surface area (Å²) in [7, 11) is 2.01. The van der Waals surface area contributed by atoms with Gasteiger partial charge in [0.05, 0.1) is 11.8 Å². The summed E-state index contributed by atoms with van der Waals surface area (Å²) in [4.78, 5) is 2.37. The van der Waals surface area contributed by atoms with Crippen LogP contribution in [-0.2, 0) is 13.6 Å². The molecule has 1 fully saturated rings. The van der Waals surface area contributed by atoms with Crippen LogP contribution in [-0.4, -0.2) is 40.1 Å². The van der Waals surface area contributed by atoms with Crippen molar-refractivity contribution < 1.29 is 5.11 Å². The number of hydrogen-bond donors (Lipinski definition) is 2. The van der Waals surface area contributed by atoms with Gasteiger partial charge >= 0.3 is 0 Å². The topological polar surface area (TPSA) is 53.3 Å². The van der Waals surface area contributed by atoms with E-state index < -0.39 is 0 Å². The van der Waals surface area contributed by atoms with Gasteiger partial charge in [0.2, 0.25) is 0 Å². The molecule has 0 aromatic carbocycles. The SMILES string of the molecule is Cc1nn(C)c(N2CCC(C(C)O)C2)c1CNC(C)C. The fraction of sp³-hybridized carbons (Fsp3) is 0.800. The summed E-state index contributed by atoms with van der Waals surface area (Å²) in [5, 5.41) is 17.8. The second-order valence-electron chi connectivity index (χ2n) is 6.28. The molecule has 5 nitrogen and oxygen atoms in total. The lowest BCUT2D eigenvalue weighted by Crippen LogP contribution is -2.28. The van der Waals surface area contributed by atoms with Gasteiger partial charge in [-0.15, -0.1) is 0 Å². The smallest absolute Gasteiger partial charge is 0.131 e. The van der Waals surface area contributed by atoms with Crippen LogP contribution in [0.4, 0.5) is 5.82 Å². The first-order valence-corrected chi connectivity index (χ1v) is 7.59. The molecule has 1 aromatic heterocycles. The minimum atomic E-state index is -0.230. The van der Waals surface area contributed by atoms with E-state index >= 15 is 0 Å². The highest BCUT2D eigenvalue weighted by Gasteiger charge is 2.29. The first-order chi connectivity index (χ1) is 9.40. The van der Waals surface area contributed by atoms with Gasteiger partial charge in [0, 0.05) is 44.2 Å². The second kappa shape index (κ2) is 6.14. The Kier molecular flexibility index (Phi) is 4.70. The van der Waals surface area contributed by atoms with E-state index in [-0.39, 0.29) is 6.10 Å². The Bertz CT molecular complexity index is 453. The van der Waals surface area contributed by atoms with Crippen LogP contribution in [0.1, 0.15) is 38.4 Å². The molecule has 1 saturated heterocycles. The van der Waals surface area contributed by atoms with E-state index in [9.17, 15) is 5.11 Å². The Hall–Kier alpha value is -1.07. The van der Waals surface area contributed by atoms with Crippen molar-refractivity contribution in [3.8, 4) is 0 Å². The molecule has 5 heteroatoms. The first-order valence-electron chi connectivity index (χ1n) is 7.59. The van der Waals surface area contributed by atoms with Crippen molar-refractivity contribution >= 4 is 5.82 Å². The van der Waals surface area contributed by atoms with Gasteiger partial charge in [-0.25, -0.2) is 0 Å². The fourth-order valence-corrected chi connectivity index (χ4v) is 2.97. The van der Waals surface area contributed by atoms with Crippen molar-refractivity contribution in [1.82, 2.24) is 15.1 Å². The summed E-state index contributed by atoms with van der Waals surface area (Å²) < 4.78 is 1.98. The molecular weight excluding hydrogens is 252 g/mol. The number of nitrogens with one attached hydrogen (secondary N) is 1. The van der Waals surface area contributed by atoms with E-state index in [0.717, 1.165) is 31.7 Å². The largest absolute Gasteiger partial charge is 0.393 e. The Balaban J connectivity index is 2.18. The van der Waals surface area contributed by atoms with Crippen molar-refractivity contribution in [2.75, 3.05) is 18.0 Å². The highest BCUT2D eigenvalue weighted by Crippen LogP contribution is 2.29. The van der Waals surface area contributed by atoms with E-state index in [1.807, 2.05) is 18.7 Å². The van der Waals surface area contributed by atoms with Crippen LogP contribution in [0.15, 0.2) is 0 Å². The van der Waals surface area contributed by atoms with Crippen molar-refractivity contribution in [3.05, 3.63) is 11.3 Å². The Morgan fingerprint density at radius 3 is 2.65 bits per heavy atom. The minimum absolute atomic E-state index is 0.230. The van der Waals surface area contributed by atoms with Crippen molar-refractivity contribution in [3.63, 3.8) is 0 Å². The number of aryl methyl sites for hydroxylation is 2. The van der Waals surface area contributed by atoms with E-state index in [4.69, 9.17) is 0 Å². The third-order valence-corrected chi connectivity index (χ3v) is 4.21. The number of aliphatic hydroxyl groups excluding tert-OH is 1. The summed E-state index contributed by atoms with van der Waals surface area (Å²) in [6.07, 6.45) is 0.824. The van der Waals surface area contributed by atoms with Crippen molar-refractivity contribution in [2.45, 2.75) is 52.8 Å². The normalized spacial score (nSPS) is 20.9. The lowest BCUT2D eigenvalue weighted by atomic mass is 10.0. The van der Waals surface area contributed by atoms with E-state index in [1.165, 1.54) is 11.4 Å². The van der Waals surface area contributed by atoms with Crippen LogP contribution in [0.2, 0.25) is 0 Å². The predicted molar refractivity (Wildman–Crippen MR) is 81.9 cm³/mol. The standard InChI is InChI=1S/C15H28N4O/c1-10(2)16-8-14-11(3)17-18(5)15(14)19-7-6-13(9-19)12(4)20/h10,12-13,16,20H,6-9H2,1-5H3. The fourth-order valence-electron chi connectivity index (χ4n) is 2.97. The highest BCUT2D eigenvalue weighted by atomic mass is 16.3. The molecule has 1 aliphatic heterocycles. The third-order valence-electron chi connectivity index (χ3n) is 4.21. The Morgan fingerprint density at radius 1 is 1.40 bits per heavy atom. The maximum absolute atomic E-state index is 9.78. The van der Waals surface area contributed by atoms with E-state index in [2.05, 4.69) is 36.1 Å². The van der Waals surface area contributed by atoms with E-state index in [0.29, 0.717) is 12.0 Å². The molecule has 114 valence electrons. The van der Waals surface area contributed by atoms with Crippen molar-refractivity contribution in [2.24, 2.45) is 13.0 Å². The molecule has 20 heavy (non-hydrogen) atoms. The quantitative estimate of drug-likeness (QED) is 0.857. The molecule has 2 rings (SSSR count). The molecule has 0 spiro atoms. The zero-order valence-corrected chi connectivity index (χ0v) is 13.3. The summed E-state index contributed by atoms with van der Waals surface area (Å²) >= 11 is 0. The maximum atomic E-state index is 9.78. The average molecular weight is 280 g/mol. The van der Waals surface area contributed by atoms with Gasteiger partial charge in [-0.1, -0.05) is 13.8 Å². The molecule has 2 atom stereocenters. The molecule has 0 radical (unpaired) electrons. The van der Waals surface area contributed by atoms with Crippen LogP contribution in [0.5, 0.6) is 0 Å². The zero-order chi connectivity index (χ0) is 14.9. The number of nitrogens with zero attached hydrogens (tertiary/aromatic N) is 3. The molecule has 0 amide bonds. The first kappa shape index (κ1) is 15.3. The lowest BCUT2D eigenvalue weighted by molar-refractivity contribution is 0.136. The van der Waals surface area contributed by atoms with Crippen LogP contribution in [0, 0.1) is 12.8 Å². The molecule has 0 aliphatic carbocycles. The van der Waals surface area contributed by atoms with Gasteiger partial charge in [0.1, 0.15) is 5.82 Å². The minimum Gasteiger partial charge on any atom is -0.393 e. The molecule has 1 aromatic rings.